The van der Waals surface area contributed by atoms with Gasteiger partial charge >= 0.3 is 0 Å². The number of rotatable bonds is 4. The van der Waals surface area contributed by atoms with Crippen LogP contribution in [0.5, 0.6) is 0 Å². The lowest BCUT2D eigenvalue weighted by molar-refractivity contribution is -0.169. The van der Waals surface area contributed by atoms with E-state index in [2.05, 4.69) is 5.48 Å². The molecular weight excluding hydrogens is 258 g/mol. The van der Waals surface area contributed by atoms with E-state index in [1.165, 1.54) is 0 Å². The molecule has 0 unspecified atom stereocenters. The number of hydrogen-bond donors (Lipinski definition) is 2. The Morgan fingerprint density at radius 2 is 1.95 bits per heavy atom. The van der Waals surface area contributed by atoms with Crippen LogP contribution in [0.4, 0.5) is 0 Å². The van der Waals surface area contributed by atoms with E-state index in [1.54, 1.807) is 0 Å². The lowest BCUT2D eigenvalue weighted by Crippen LogP contribution is -2.39. The van der Waals surface area contributed by atoms with Crippen LogP contribution in [0.2, 0.25) is 0 Å². The Morgan fingerprint density at radius 3 is 2.70 bits per heavy atom. The van der Waals surface area contributed by atoms with Gasteiger partial charge in [-0.15, -0.1) is 0 Å². The zero-order valence-corrected chi connectivity index (χ0v) is 11.8. The number of fused-ring (bicyclic) bond motifs is 1. The summed E-state index contributed by atoms with van der Waals surface area (Å²) in [7, 11) is 0. The Kier molecular flexibility index (Phi) is 3.79. The summed E-state index contributed by atoms with van der Waals surface area (Å²) >= 11 is 0. The second-order valence-corrected chi connectivity index (χ2v) is 5.87. The Bertz CT molecular complexity index is 450. The molecule has 1 aliphatic heterocycles. The first-order chi connectivity index (χ1) is 9.55. The van der Waals surface area contributed by atoms with Crippen LogP contribution in [0, 0.1) is 0 Å². The van der Waals surface area contributed by atoms with Crippen LogP contribution in [0.25, 0.3) is 0 Å². The third-order valence-corrected chi connectivity index (χ3v) is 3.75. The summed E-state index contributed by atoms with van der Waals surface area (Å²) in [4.78, 5) is 5.53. The van der Waals surface area contributed by atoms with Crippen molar-refractivity contribution in [2.45, 2.75) is 57.0 Å². The molecule has 5 heteroatoms. The van der Waals surface area contributed by atoms with Gasteiger partial charge < -0.3 is 14.6 Å². The zero-order valence-electron chi connectivity index (χ0n) is 11.8. The van der Waals surface area contributed by atoms with Crippen LogP contribution in [0.1, 0.15) is 25.8 Å². The molecule has 1 aliphatic carbocycles. The molecule has 0 aromatic heterocycles. The van der Waals surface area contributed by atoms with Crippen molar-refractivity contribution >= 4 is 0 Å². The van der Waals surface area contributed by atoms with Gasteiger partial charge in [0.1, 0.15) is 12.2 Å². The first-order valence-electron chi connectivity index (χ1n) is 7.00. The van der Waals surface area contributed by atoms with E-state index in [-0.39, 0.29) is 18.2 Å². The van der Waals surface area contributed by atoms with E-state index in [1.807, 2.05) is 44.2 Å². The van der Waals surface area contributed by atoms with Gasteiger partial charge in [0.2, 0.25) is 0 Å². The van der Waals surface area contributed by atoms with Crippen molar-refractivity contribution < 1.29 is 19.4 Å². The number of aliphatic hydroxyl groups excluding tert-OH is 1. The Labute approximate surface area is 118 Å². The third-order valence-electron chi connectivity index (χ3n) is 3.75. The van der Waals surface area contributed by atoms with Gasteiger partial charge in [0.05, 0.1) is 18.8 Å². The van der Waals surface area contributed by atoms with Gasteiger partial charge in [0.25, 0.3) is 0 Å². The topological polar surface area (TPSA) is 60.0 Å². The number of hydrogen-bond acceptors (Lipinski definition) is 5. The molecule has 2 N–H and O–H groups in total. The molecule has 0 radical (unpaired) electrons. The lowest BCUT2D eigenvalue weighted by atomic mass is 10.2. The van der Waals surface area contributed by atoms with Crippen LogP contribution in [0.15, 0.2) is 30.3 Å². The molecule has 4 atom stereocenters. The highest BCUT2D eigenvalue weighted by molar-refractivity contribution is 5.13. The molecular formula is C15H21NO4. The molecule has 0 amide bonds. The summed E-state index contributed by atoms with van der Waals surface area (Å²) in [5, 5.41) is 10.0. The molecule has 2 aliphatic rings. The molecule has 20 heavy (non-hydrogen) atoms. The number of hydroxylamine groups is 1. The summed E-state index contributed by atoms with van der Waals surface area (Å²) in [5.74, 6) is -0.643. The quantitative estimate of drug-likeness (QED) is 0.815. The van der Waals surface area contributed by atoms with Gasteiger partial charge in [-0.2, -0.15) is 5.48 Å². The fourth-order valence-corrected chi connectivity index (χ4v) is 2.88. The molecule has 110 valence electrons. The van der Waals surface area contributed by atoms with Crippen LogP contribution in [-0.4, -0.2) is 35.2 Å². The van der Waals surface area contributed by atoms with E-state index >= 15 is 0 Å². The minimum absolute atomic E-state index is 0.0551. The molecule has 1 aromatic carbocycles. The molecule has 1 saturated carbocycles. The SMILES string of the molecule is CC1(C)O[C@@H]2[C@H](O1)[C@@H](O)C[C@H]2NOCc1ccccc1. The van der Waals surface area contributed by atoms with Crippen molar-refractivity contribution in [1.29, 1.82) is 0 Å². The van der Waals surface area contributed by atoms with Gasteiger partial charge in [0, 0.05) is 0 Å². The van der Waals surface area contributed by atoms with E-state index in [0.29, 0.717) is 13.0 Å². The second kappa shape index (κ2) is 5.42. The average Bonchev–Trinajstić information content (AvgIpc) is 2.87. The normalized spacial score (nSPS) is 35.1. The Balaban J connectivity index is 1.53. The molecule has 5 nitrogen and oxygen atoms in total. The predicted molar refractivity (Wildman–Crippen MR) is 72.6 cm³/mol. The number of benzene rings is 1. The van der Waals surface area contributed by atoms with Gasteiger partial charge in [-0.05, 0) is 25.8 Å². The summed E-state index contributed by atoms with van der Waals surface area (Å²) in [6, 6.07) is 9.88. The minimum atomic E-state index is -0.643. The van der Waals surface area contributed by atoms with Crippen molar-refractivity contribution in [3.8, 4) is 0 Å². The zero-order chi connectivity index (χ0) is 14.2. The van der Waals surface area contributed by atoms with Gasteiger partial charge in [-0.25, -0.2) is 0 Å². The number of nitrogens with one attached hydrogen (secondary N) is 1. The average molecular weight is 279 g/mol. The Morgan fingerprint density at radius 1 is 1.25 bits per heavy atom. The molecule has 0 spiro atoms. The smallest absolute Gasteiger partial charge is 0.163 e. The van der Waals surface area contributed by atoms with E-state index in [9.17, 15) is 5.11 Å². The summed E-state index contributed by atoms with van der Waals surface area (Å²) in [5.41, 5.74) is 4.10. The Hall–Kier alpha value is -0.980. The van der Waals surface area contributed by atoms with Crippen LogP contribution >= 0.6 is 0 Å². The maximum absolute atomic E-state index is 10.0. The fourth-order valence-electron chi connectivity index (χ4n) is 2.88. The van der Waals surface area contributed by atoms with Crippen molar-refractivity contribution in [2.24, 2.45) is 0 Å². The largest absolute Gasteiger partial charge is 0.390 e. The summed E-state index contributed by atoms with van der Waals surface area (Å²) < 4.78 is 11.5. The first-order valence-corrected chi connectivity index (χ1v) is 7.00. The number of ether oxygens (including phenoxy) is 2. The van der Waals surface area contributed by atoms with Crippen molar-refractivity contribution in [3.63, 3.8) is 0 Å². The van der Waals surface area contributed by atoms with Crippen LogP contribution in [0.3, 0.4) is 0 Å². The molecule has 1 saturated heterocycles. The minimum Gasteiger partial charge on any atom is -0.390 e. The lowest BCUT2D eigenvalue weighted by Gasteiger charge is -2.22. The standard InChI is InChI=1S/C15H21NO4/c1-15(2)19-13-11(8-12(17)14(13)20-15)16-18-9-10-6-4-3-5-7-10/h3-7,11-14,16-17H,8-9H2,1-2H3/t11-,12+,13+,14-/m1/s1. The monoisotopic (exact) mass is 279 g/mol. The molecule has 1 aromatic rings. The second-order valence-electron chi connectivity index (χ2n) is 5.87. The molecule has 1 heterocycles. The molecule has 2 fully saturated rings. The van der Waals surface area contributed by atoms with Crippen molar-refractivity contribution in [1.82, 2.24) is 5.48 Å². The van der Waals surface area contributed by atoms with Crippen molar-refractivity contribution in [3.05, 3.63) is 35.9 Å². The highest BCUT2D eigenvalue weighted by atomic mass is 16.8. The fraction of sp³-hybridized carbons (Fsp3) is 0.600. The number of aliphatic hydroxyl groups is 1. The van der Waals surface area contributed by atoms with E-state index < -0.39 is 11.9 Å². The molecule has 3 rings (SSSR count). The third kappa shape index (κ3) is 2.87. The van der Waals surface area contributed by atoms with Crippen molar-refractivity contribution in [2.75, 3.05) is 0 Å². The predicted octanol–water partition coefficient (Wildman–Crippen LogP) is 1.36. The maximum Gasteiger partial charge on any atom is 0.163 e. The van der Waals surface area contributed by atoms with E-state index in [0.717, 1.165) is 5.56 Å². The van der Waals surface area contributed by atoms with Gasteiger partial charge in [-0.3, -0.25) is 4.84 Å². The van der Waals surface area contributed by atoms with Gasteiger partial charge in [-0.1, -0.05) is 30.3 Å². The maximum atomic E-state index is 10.0. The van der Waals surface area contributed by atoms with Gasteiger partial charge in [0.15, 0.2) is 5.79 Å². The highest BCUT2D eigenvalue weighted by Crippen LogP contribution is 2.38. The van der Waals surface area contributed by atoms with Crippen LogP contribution in [-0.2, 0) is 20.9 Å². The molecule has 0 bridgehead atoms. The first kappa shape index (κ1) is 14.0. The summed E-state index contributed by atoms with van der Waals surface area (Å²) in [6.07, 6.45) is -0.390. The summed E-state index contributed by atoms with van der Waals surface area (Å²) in [6.45, 7) is 4.20. The van der Waals surface area contributed by atoms with Crippen LogP contribution < -0.4 is 5.48 Å². The highest BCUT2D eigenvalue weighted by Gasteiger charge is 2.53. The van der Waals surface area contributed by atoms with E-state index in [4.69, 9.17) is 14.3 Å².